The molecule has 0 spiro atoms. The summed E-state index contributed by atoms with van der Waals surface area (Å²) in [5.41, 5.74) is 8.32. The quantitative estimate of drug-likeness (QED) is 0.186. The number of para-hydroxylation sites is 3. The van der Waals surface area contributed by atoms with Crippen LogP contribution in [0.4, 0.5) is 0 Å². The standard InChI is InChI=1S/C44H24N4OS/c1-5-15-34-26(10-1)30-23-31-27-11-2-6-16-35(27)48(44-45-33-14-9-18-39-42(33)43(46-44)29-13-3-7-17-38(29)49-39)37(31)24-36(30)47(34)25-20-21-41-32(22-25)28-12-4-8-19-40(28)50-41/h1-24H. The van der Waals surface area contributed by atoms with Crippen LogP contribution < -0.4 is 4.74 Å². The fraction of sp³-hybridized carbons (Fsp3) is 0. The maximum atomic E-state index is 6.31. The van der Waals surface area contributed by atoms with Crippen LogP contribution in [0.2, 0.25) is 0 Å². The largest absolute Gasteiger partial charge is 0.456 e. The summed E-state index contributed by atoms with van der Waals surface area (Å²) in [6.45, 7) is 0. The van der Waals surface area contributed by atoms with Crippen LogP contribution in [0.5, 0.6) is 11.5 Å². The van der Waals surface area contributed by atoms with Crippen LogP contribution in [0.15, 0.2) is 146 Å². The van der Waals surface area contributed by atoms with E-state index in [1.165, 1.54) is 47.2 Å². The minimum Gasteiger partial charge on any atom is -0.456 e. The maximum Gasteiger partial charge on any atom is 0.235 e. The van der Waals surface area contributed by atoms with Crippen LogP contribution in [0.25, 0.3) is 97.6 Å². The summed E-state index contributed by atoms with van der Waals surface area (Å²) >= 11 is 1.85. The van der Waals surface area contributed by atoms with Gasteiger partial charge in [0.15, 0.2) is 0 Å². The number of benzene rings is 7. The van der Waals surface area contributed by atoms with Crippen molar-refractivity contribution in [1.82, 2.24) is 19.1 Å². The summed E-state index contributed by atoms with van der Waals surface area (Å²) in [5.74, 6) is 2.23. The molecular formula is C44H24N4OS. The van der Waals surface area contributed by atoms with Crippen LogP contribution >= 0.6 is 11.3 Å². The van der Waals surface area contributed by atoms with Gasteiger partial charge in [0.25, 0.3) is 0 Å². The van der Waals surface area contributed by atoms with Gasteiger partial charge in [-0.15, -0.1) is 11.3 Å². The van der Waals surface area contributed by atoms with Crippen molar-refractivity contribution in [1.29, 1.82) is 0 Å². The molecular weight excluding hydrogens is 633 g/mol. The molecule has 0 fully saturated rings. The van der Waals surface area contributed by atoms with Crippen molar-refractivity contribution in [2.24, 2.45) is 0 Å². The SMILES string of the molecule is c1ccc2c(c1)Oc1cccc3nc(-n4c5ccccc5c5cc6c7ccccc7n(-c7ccc8sc9ccccc9c8c7)c6cc54)nc-2c13. The Labute approximate surface area is 288 Å². The molecule has 0 saturated heterocycles. The summed E-state index contributed by atoms with van der Waals surface area (Å²) in [7, 11) is 0. The Morgan fingerprint density at radius 3 is 2.00 bits per heavy atom. The van der Waals surface area contributed by atoms with Gasteiger partial charge in [0.2, 0.25) is 5.95 Å². The molecule has 50 heavy (non-hydrogen) atoms. The van der Waals surface area contributed by atoms with E-state index in [1.54, 1.807) is 0 Å². The molecule has 0 saturated carbocycles. The van der Waals surface area contributed by atoms with E-state index in [0.29, 0.717) is 5.95 Å². The van der Waals surface area contributed by atoms with E-state index in [9.17, 15) is 0 Å². The number of hydrogen-bond acceptors (Lipinski definition) is 4. The van der Waals surface area contributed by atoms with Gasteiger partial charge in [0.1, 0.15) is 11.5 Å². The van der Waals surface area contributed by atoms with Gasteiger partial charge in [0, 0.05) is 53.0 Å². The lowest BCUT2D eigenvalue weighted by molar-refractivity contribution is 0.486. The van der Waals surface area contributed by atoms with Gasteiger partial charge in [-0.25, -0.2) is 9.97 Å². The molecule has 4 aromatic heterocycles. The fourth-order valence-corrected chi connectivity index (χ4v) is 9.25. The maximum absolute atomic E-state index is 6.31. The molecule has 5 heterocycles. The van der Waals surface area contributed by atoms with Crippen LogP contribution in [0.1, 0.15) is 0 Å². The van der Waals surface area contributed by atoms with Crippen molar-refractivity contribution in [3.05, 3.63) is 146 Å². The molecule has 0 radical (unpaired) electrons. The third-order valence-corrected chi connectivity index (χ3v) is 11.5. The van der Waals surface area contributed by atoms with Crippen molar-refractivity contribution >= 4 is 86.0 Å². The van der Waals surface area contributed by atoms with Gasteiger partial charge in [-0.1, -0.05) is 72.8 Å². The summed E-state index contributed by atoms with van der Waals surface area (Å²) in [4.78, 5) is 10.6. The van der Waals surface area contributed by atoms with Gasteiger partial charge in [0.05, 0.1) is 38.7 Å². The van der Waals surface area contributed by atoms with Crippen molar-refractivity contribution in [2.45, 2.75) is 0 Å². The smallest absolute Gasteiger partial charge is 0.235 e. The van der Waals surface area contributed by atoms with Crippen LogP contribution in [0.3, 0.4) is 0 Å². The van der Waals surface area contributed by atoms with Crippen molar-refractivity contribution in [2.75, 3.05) is 0 Å². The fourth-order valence-electron chi connectivity index (χ4n) is 8.17. The third kappa shape index (κ3) is 3.45. The Kier molecular flexibility index (Phi) is 5.06. The monoisotopic (exact) mass is 656 g/mol. The highest BCUT2D eigenvalue weighted by Gasteiger charge is 2.25. The van der Waals surface area contributed by atoms with Crippen molar-refractivity contribution < 1.29 is 4.74 Å². The molecule has 0 unspecified atom stereocenters. The molecule has 5 nitrogen and oxygen atoms in total. The van der Waals surface area contributed by atoms with E-state index in [-0.39, 0.29) is 0 Å². The molecule has 6 heteroatoms. The lowest BCUT2D eigenvalue weighted by Gasteiger charge is -2.21. The predicted octanol–water partition coefficient (Wildman–Crippen LogP) is 12.0. The molecule has 1 aliphatic heterocycles. The van der Waals surface area contributed by atoms with E-state index in [2.05, 4.69) is 124 Å². The zero-order valence-electron chi connectivity index (χ0n) is 26.5. The summed E-state index contributed by atoms with van der Waals surface area (Å²) < 4.78 is 13.6. The van der Waals surface area contributed by atoms with Crippen molar-refractivity contribution in [3.8, 4) is 34.4 Å². The second-order valence-electron chi connectivity index (χ2n) is 13.0. The van der Waals surface area contributed by atoms with Crippen molar-refractivity contribution in [3.63, 3.8) is 0 Å². The van der Waals surface area contributed by atoms with E-state index in [0.717, 1.165) is 55.9 Å². The number of nitrogens with zero attached hydrogens (tertiary/aromatic N) is 4. The highest BCUT2D eigenvalue weighted by Crippen LogP contribution is 2.46. The minimum atomic E-state index is 0.640. The second-order valence-corrected chi connectivity index (χ2v) is 14.1. The first-order valence-corrected chi connectivity index (χ1v) is 17.6. The molecule has 0 amide bonds. The number of fused-ring (bicyclic) bond motifs is 11. The number of hydrogen-bond donors (Lipinski definition) is 0. The van der Waals surface area contributed by atoms with E-state index in [4.69, 9.17) is 14.7 Å². The highest BCUT2D eigenvalue weighted by atomic mass is 32.1. The Bertz CT molecular complexity index is 3260. The van der Waals surface area contributed by atoms with Gasteiger partial charge >= 0.3 is 0 Å². The Balaban J connectivity index is 1.20. The predicted molar refractivity (Wildman–Crippen MR) is 207 cm³/mol. The molecule has 0 atom stereocenters. The number of ether oxygens (including phenoxy) is 1. The zero-order valence-corrected chi connectivity index (χ0v) is 27.3. The highest BCUT2D eigenvalue weighted by molar-refractivity contribution is 7.25. The van der Waals surface area contributed by atoms with E-state index in [1.807, 2.05) is 41.7 Å². The average molecular weight is 657 g/mol. The topological polar surface area (TPSA) is 44.9 Å². The summed E-state index contributed by atoms with van der Waals surface area (Å²) in [5, 5.41) is 8.31. The molecule has 0 N–H and O–H groups in total. The Morgan fingerprint density at radius 1 is 0.460 bits per heavy atom. The molecule has 7 aromatic carbocycles. The molecule has 11 aromatic rings. The molecule has 1 aliphatic rings. The average Bonchev–Trinajstić information content (AvgIpc) is 3.81. The van der Waals surface area contributed by atoms with E-state index >= 15 is 0 Å². The van der Waals surface area contributed by atoms with Crippen LogP contribution in [0, 0.1) is 0 Å². The molecule has 12 rings (SSSR count). The zero-order chi connectivity index (χ0) is 32.5. The molecule has 0 bridgehead atoms. The number of aromatic nitrogens is 4. The summed E-state index contributed by atoms with van der Waals surface area (Å²) in [6.07, 6.45) is 0. The molecule has 0 aliphatic carbocycles. The lowest BCUT2D eigenvalue weighted by atomic mass is 10.0. The van der Waals surface area contributed by atoms with Gasteiger partial charge in [-0.2, -0.15) is 0 Å². The number of thiophene rings is 1. The summed E-state index contributed by atoms with van der Waals surface area (Å²) in [6, 6.07) is 51.8. The van der Waals surface area contributed by atoms with E-state index < -0.39 is 0 Å². The van der Waals surface area contributed by atoms with Gasteiger partial charge < -0.3 is 9.30 Å². The first-order valence-electron chi connectivity index (χ1n) is 16.7. The van der Waals surface area contributed by atoms with Gasteiger partial charge in [-0.05, 0) is 72.8 Å². The third-order valence-electron chi connectivity index (χ3n) is 10.3. The minimum absolute atomic E-state index is 0.640. The molecule has 232 valence electrons. The normalized spacial score (nSPS) is 12.6. The first kappa shape index (κ1) is 26.5. The lowest BCUT2D eigenvalue weighted by Crippen LogP contribution is -2.06. The second kappa shape index (κ2) is 9.56. The Morgan fingerprint density at radius 2 is 1.14 bits per heavy atom. The number of rotatable bonds is 2. The Hall–Kier alpha value is -6.50. The van der Waals surface area contributed by atoms with Gasteiger partial charge in [-0.3, -0.25) is 4.57 Å². The van der Waals surface area contributed by atoms with Crippen LogP contribution in [-0.4, -0.2) is 19.1 Å². The van der Waals surface area contributed by atoms with Crippen LogP contribution in [-0.2, 0) is 0 Å². The first-order chi connectivity index (χ1) is 24.8.